The highest BCUT2D eigenvalue weighted by Gasteiger charge is 2.30. The summed E-state index contributed by atoms with van der Waals surface area (Å²) in [5, 5.41) is 13.0. The zero-order valence-electron chi connectivity index (χ0n) is 11.1. The van der Waals surface area contributed by atoms with Crippen molar-refractivity contribution < 1.29 is 9.53 Å². The van der Waals surface area contributed by atoms with Gasteiger partial charge in [-0.15, -0.1) is 0 Å². The summed E-state index contributed by atoms with van der Waals surface area (Å²) in [4.78, 5) is 11.9. The predicted octanol–water partition coefficient (Wildman–Crippen LogP) is 1.31. The largest absolute Gasteiger partial charge is 0.461 e. The van der Waals surface area contributed by atoms with Crippen molar-refractivity contribution in [1.82, 2.24) is 9.78 Å². The molecule has 1 unspecified atom stereocenters. The molecule has 0 saturated carbocycles. The Morgan fingerprint density at radius 1 is 1.68 bits per heavy atom. The molecule has 0 bridgehead atoms. The van der Waals surface area contributed by atoms with Crippen molar-refractivity contribution in [2.45, 2.75) is 45.2 Å². The number of nitriles is 1. The first kappa shape index (κ1) is 13.6. The zero-order valence-corrected chi connectivity index (χ0v) is 11.1. The highest BCUT2D eigenvalue weighted by atomic mass is 16.5. The van der Waals surface area contributed by atoms with Crippen LogP contribution in [-0.4, -0.2) is 22.4 Å². The third-order valence-corrected chi connectivity index (χ3v) is 3.30. The maximum Gasteiger partial charge on any atom is 0.359 e. The van der Waals surface area contributed by atoms with Crippen molar-refractivity contribution in [3.05, 3.63) is 17.0 Å². The molecule has 102 valence electrons. The molecule has 1 aromatic heterocycles. The number of esters is 1. The van der Waals surface area contributed by atoms with Crippen LogP contribution in [0.5, 0.6) is 0 Å². The Morgan fingerprint density at radius 2 is 2.47 bits per heavy atom. The van der Waals surface area contributed by atoms with Crippen molar-refractivity contribution in [3.8, 4) is 6.07 Å². The second kappa shape index (κ2) is 5.85. The lowest BCUT2D eigenvalue weighted by Gasteiger charge is -2.20. The number of carbonyl (C=O) groups is 1. The van der Waals surface area contributed by atoms with Crippen LogP contribution in [0.3, 0.4) is 0 Å². The van der Waals surface area contributed by atoms with Crippen LogP contribution in [-0.2, 0) is 17.7 Å². The van der Waals surface area contributed by atoms with Gasteiger partial charge in [-0.05, 0) is 26.2 Å². The minimum absolute atomic E-state index is 0.168. The Morgan fingerprint density at radius 3 is 3.16 bits per heavy atom. The molecular formula is C13H18N4O2. The fourth-order valence-corrected chi connectivity index (χ4v) is 2.49. The summed E-state index contributed by atoms with van der Waals surface area (Å²) in [6.45, 7) is 2.57. The third kappa shape index (κ3) is 2.61. The van der Waals surface area contributed by atoms with Crippen molar-refractivity contribution >= 4 is 5.97 Å². The van der Waals surface area contributed by atoms with Gasteiger partial charge < -0.3 is 10.5 Å². The Balaban J connectivity index is 2.40. The second-order valence-corrected chi connectivity index (χ2v) is 4.56. The molecule has 0 spiro atoms. The van der Waals surface area contributed by atoms with Crippen LogP contribution in [0.1, 0.15) is 54.0 Å². The number of ether oxygens (including phenoxy) is 1. The van der Waals surface area contributed by atoms with Crippen LogP contribution >= 0.6 is 0 Å². The van der Waals surface area contributed by atoms with E-state index in [1.165, 1.54) is 0 Å². The smallest absolute Gasteiger partial charge is 0.359 e. The average molecular weight is 262 g/mol. The fourth-order valence-electron chi connectivity index (χ4n) is 2.49. The van der Waals surface area contributed by atoms with Gasteiger partial charge in [0, 0.05) is 17.3 Å². The van der Waals surface area contributed by atoms with Gasteiger partial charge >= 0.3 is 5.97 Å². The van der Waals surface area contributed by atoms with E-state index in [-0.39, 0.29) is 6.04 Å². The zero-order chi connectivity index (χ0) is 13.8. The highest BCUT2D eigenvalue weighted by molar-refractivity contribution is 5.89. The third-order valence-electron chi connectivity index (χ3n) is 3.30. The number of nitrogens with zero attached hydrogens (tertiary/aromatic N) is 3. The molecule has 0 radical (unpaired) electrons. The molecule has 1 aromatic rings. The van der Waals surface area contributed by atoms with Gasteiger partial charge in [-0.25, -0.2) is 4.79 Å². The predicted molar refractivity (Wildman–Crippen MR) is 68.3 cm³/mol. The molecule has 2 rings (SSSR count). The SMILES string of the molecule is CCOC(=O)c1nn(CCC#N)c2c1C(N)CCC2. The molecule has 19 heavy (non-hydrogen) atoms. The Bertz CT molecular complexity index is 515. The molecule has 6 nitrogen and oxygen atoms in total. The van der Waals surface area contributed by atoms with Crippen LogP contribution in [0, 0.1) is 11.3 Å². The highest BCUT2D eigenvalue weighted by Crippen LogP contribution is 2.31. The lowest BCUT2D eigenvalue weighted by Crippen LogP contribution is -2.20. The molecule has 0 amide bonds. The van der Waals surface area contributed by atoms with Crippen molar-refractivity contribution in [2.24, 2.45) is 5.73 Å². The Labute approximate surface area is 112 Å². The summed E-state index contributed by atoms with van der Waals surface area (Å²) in [5.41, 5.74) is 8.21. The lowest BCUT2D eigenvalue weighted by atomic mass is 9.91. The van der Waals surface area contributed by atoms with Crippen LogP contribution in [0.25, 0.3) is 0 Å². The second-order valence-electron chi connectivity index (χ2n) is 4.56. The van der Waals surface area contributed by atoms with Gasteiger partial charge in [0.25, 0.3) is 0 Å². The minimum Gasteiger partial charge on any atom is -0.461 e. The molecule has 0 saturated heterocycles. The first-order valence-corrected chi connectivity index (χ1v) is 6.58. The molecule has 0 aliphatic heterocycles. The molecule has 1 aliphatic rings. The number of nitrogens with two attached hydrogens (primary N) is 1. The van der Waals surface area contributed by atoms with Gasteiger partial charge in [0.05, 0.1) is 25.6 Å². The number of fused-ring (bicyclic) bond motifs is 1. The molecular weight excluding hydrogens is 244 g/mol. The summed E-state index contributed by atoms with van der Waals surface area (Å²) in [7, 11) is 0. The van der Waals surface area contributed by atoms with Gasteiger partial charge in [0.15, 0.2) is 5.69 Å². The van der Waals surface area contributed by atoms with E-state index in [2.05, 4.69) is 11.2 Å². The van der Waals surface area contributed by atoms with Crippen LogP contribution in [0.2, 0.25) is 0 Å². The summed E-state index contributed by atoms with van der Waals surface area (Å²) in [6.07, 6.45) is 3.05. The van der Waals surface area contributed by atoms with E-state index < -0.39 is 5.97 Å². The van der Waals surface area contributed by atoms with Crippen LogP contribution in [0.15, 0.2) is 0 Å². The first-order chi connectivity index (χ1) is 9.19. The number of hydrogen-bond acceptors (Lipinski definition) is 5. The summed E-state index contributed by atoms with van der Waals surface area (Å²) >= 11 is 0. The van der Waals surface area contributed by atoms with Gasteiger partial charge in [0.2, 0.25) is 0 Å². The van der Waals surface area contributed by atoms with Crippen LogP contribution < -0.4 is 5.73 Å². The molecule has 0 aromatic carbocycles. The summed E-state index contributed by atoms with van der Waals surface area (Å²) < 4.78 is 6.76. The van der Waals surface area contributed by atoms with Gasteiger partial charge in [0.1, 0.15) is 0 Å². The lowest BCUT2D eigenvalue weighted by molar-refractivity contribution is 0.0516. The van der Waals surface area contributed by atoms with E-state index in [1.807, 2.05) is 0 Å². The van der Waals surface area contributed by atoms with E-state index in [0.29, 0.717) is 25.3 Å². The number of hydrogen-bond donors (Lipinski definition) is 1. The Kier molecular flexibility index (Phi) is 4.17. The van der Waals surface area contributed by atoms with E-state index in [4.69, 9.17) is 15.7 Å². The van der Waals surface area contributed by atoms with Crippen molar-refractivity contribution in [3.63, 3.8) is 0 Å². The van der Waals surface area contributed by atoms with Gasteiger partial charge in [-0.1, -0.05) is 0 Å². The first-order valence-electron chi connectivity index (χ1n) is 6.58. The van der Waals surface area contributed by atoms with E-state index in [0.717, 1.165) is 30.5 Å². The number of carbonyl (C=O) groups excluding carboxylic acids is 1. The van der Waals surface area contributed by atoms with Crippen LogP contribution in [0.4, 0.5) is 0 Å². The average Bonchev–Trinajstić information content (AvgIpc) is 2.77. The van der Waals surface area contributed by atoms with Crippen molar-refractivity contribution in [2.75, 3.05) is 6.61 Å². The maximum atomic E-state index is 11.9. The molecule has 2 N–H and O–H groups in total. The van der Waals surface area contributed by atoms with E-state index in [1.54, 1.807) is 11.6 Å². The monoisotopic (exact) mass is 262 g/mol. The Hall–Kier alpha value is -1.87. The maximum absolute atomic E-state index is 11.9. The number of aryl methyl sites for hydroxylation is 1. The van der Waals surface area contributed by atoms with Gasteiger partial charge in [-0.3, -0.25) is 4.68 Å². The fraction of sp³-hybridized carbons (Fsp3) is 0.615. The topological polar surface area (TPSA) is 93.9 Å². The standard InChI is InChI=1S/C13H18N4O2/c1-2-19-13(18)12-11-9(15)5-3-6-10(11)17(16-12)8-4-7-14/h9H,2-6,8,15H2,1H3. The minimum atomic E-state index is -0.424. The number of rotatable bonds is 4. The quantitative estimate of drug-likeness (QED) is 0.825. The molecule has 1 heterocycles. The number of aromatic nitrogens is 2. The van der Waals surface area contributed by atoms with E-state index >= 15 is 0 Å². The van der Waals surface area contributed by atoms with Gasteiger partial charge in [-0.2, -0.15) is 10.4 Å². The molecule has 6 heteroatoms. The molecule has 1 aliphatic carbocycles. The summed E-state index contributed by atoms with van der Waals surface area (Å²) in [6, 6.07) is 1.92. The molecule has 0 fully saturated rings. The van der Waals surface area contributed by atoms with Crippen molar-refractivity contribution in [1.29, 1.82) is 5.26 Å². The molecule has 1 atom stereocenters. The van der Waals surface area contributed by atoms with E-state index in [9.17, 15) is 4.79 Å². The summed E-state index contributed by atoms with van der Waals surface area (Å²) in [5.74, 6) is -0.424. The normalized spacial score (nSPS) is 17.6.